The van der Waals surface area contributed by atoms with Crippen molar-refractivity contribution in [2.24, 2.45) is 5.92 Å². The lowest BCUT2D eigenvalue weighted by Crippen LogP contribution is -2.34. The van der Waals surface area contributed by atoms with Crippen LogP contribution < -0.4 is 10.1 Å². The van der Waals surface area contributed by atoms with Crippen LogP contribution in [0.3, 0.4) is 0 Å². The normalized spacial score (nSPS) is 17.4. The first-order chi connectivity index (χ1) is 24.1. The SMILES string of the molecule is CCN1CCC(n2cc(C(=O)Nc3cccc(-c4cccc(/C=C/c5cc(OC)c(CN6CC[C@@H](C(=O)O)C6)cc5C)c4C)c3C)cn2)CC1. The lowest BCUT2D eigenvalue weighted by molar-refractivity contribution is -0.141. The number of aryl methyl sites for hydroxylation is 1. The average Bonchev–Trinajstić information content (AvgIpc) is 3.81. The lowest BCUT2D eigenvalue weighted by atomic mass is 9.92. The highest BCUT2D eigenvalue weighted by Crippen LogP contribution is 2.34. The Bertz CT molecular complexity index is 1890. The Labute approximate surface area is 295 Å². The Morgan fingerprint density at radius 3 is 2.34 bits per heavy atom. The number of carbonyl (C=O) groups excluding carboxylic acids is 1. The van der Waals surface area contributed by atoms with Gasteiger partial charge < -0.3 is 20.1 Å². The molecule has 0 unspecified atom stereocenters. The summed E-state index contributed by atoms with van der Waals surface area (Å²) in [6, 6.07) is 16.9. The Balaban J connectivity index is 1.17. The number of ether oxygens (including phenoxy) is 1. The van der Waals surface area contributed by atoms with E-state index in [1.54, 1.807) is 13.3 Å². The summed E-state index contributed by atoms with van der Waals surface area (Å²) >= 11 is 0. The van der Waals surface area contributed by atoms with Crippen molar-refractivity contribution < 1.29 is 19.4 Å². The van der Waals surface area contributed by atoms with E-state index >= 15 is 0 Å². The summed E-state index contributed by atoms with van der Waals surface area (Å²) in [5.74, 6) is -0.373. The summed E-state index contributed by atoms with van der Waals surface area (Å²) in [5, 5.41) is 17.1. The molecular formula is C41H49N5O4. The van der Waals surface area contributed by atoms with Gasteiger partial charge in [0.1, 0.15) is 5.75 Å². The van der Waals surface area contributed by atoms with E-state index in [2.05, 4.69) is 96.5 Å². The highest BCUT2D eigenvalue weighted by Gasteiger charge is 2.28. The van der Waals surface area contributed by atoms with Gasteiger partial charge in [0.15, 0.2) is 0 Å². The van der Waals surface area contributed by atoms with Crippen molar-refractivity contribution in [1.29, 1.82) is 0 Å². The van der Waals surface area contributed by atoms with Gasteiger partial charge in [0.25, 0.3) is 5.91 Å². The molecule has 0 spiro atoms. The molecule has 262 valence electrons. The van der Waals surface area contributed by atoms with Crippen molar-refractivity contribution in [2.45, 2.75) is 59.5 Å². The first-order valence-electron chi connectivity index (χ1n) is 17.7. The highest BCUT2D eigenvalue weighted by atomic mass is 16.5. The van der Waals surface area contributed by atoms with Gasteiger partial charge in [-0.3, -0.25) is 19.2 Å². The number of benzene rings is 3. The number of amides is 1. The molecule has 0 bridgehead atoms. The largest absolute Gasteiger partial charge is 0.496 e. The molecule has 0 radical (unpaired) electrons. The maximum absolute atomic E-state index is 13.4. The Morgan fingerprint density at radius 1 is 0.940 bits per heavy atom. The number of anilines is 1. The molecule has 2 N–H and O–H groups in total. The van der Waals surface area contributed by atoms with Crippen LogP contribution in [0.4, 0.5) is 5.69 Å². The second-order valence-corrected chi connectivity index (χ2v) is 13.7. The van der Waals surface area contributed by atoms with Crippen LogP contribution in [0.5, 0.6) is 5.75 Å². The molecule has 2 saturated heterocycles. The molecular weight excluding hydrogens is 626 g/mol. The topological polar surface area (TPSA) is 99.9 Å². The molecule has 1 aromatic heterocycles. The maximum atomic E-state index is 13.4. The molecule has 3 aromatic carbocycles. The van der Waals surface area contributed by atoms with E-state index in [9.17, 15) is 14.7 Å². The van der Waals surface area contributed by atoms with Crippen LogP contribution in [0.15, 0.2) is 60.9 Å². The fourth-order valence-corrected chi connectivity index (χ4v) is 7.39. The zero-order valence-electron chi connectivity index (χ0n) is 29.9. The number of hydrogen-bond acceptors (Lipinski definition) is 6. The minimum atomic E-state index is -0.720. The molecule has 9 heteroatoms. The van der Waals surface area contributed by atoms with Gasteiger partial charge in [-0.05, 0) is 104 Å². The molecule has 0 saturated carbocycles. The third-order valence-electron chi connectivity index (χ3n) is 10.6. The van der Waals surface area contributed by atoms with Gasteiger partial charge in [0.2, 0.25) is 0 Å². The van der Waals surface area contributed by atoms with Crippen LogP contribution in [0.2, 0.25) is 0 Å². The van der Waals surface area contributed by atoms with Crippen LogP contribution in [0.25, 0.3) is 23.3 Å². The second kappa shape index (κ2) is 15.4. The van der Waals surface area contributed by atoms with Gasteiger partial charge in [-0.25, -0.2) is 0 Å². The summed E-state index contributed by atoms with van der Waals surface area (Å²) < 4.78 is 7.75. The number of piperidine rings is 1. The molecule has 2 fully saturated rings. The number of hydrogen-bond donors (Lipinski definition) is 2. The van der Waals surface area contributed by atoms with Crippen molar-refractivity contribution in [1.82, 2.24) is 19.6 Å². The number of carboxylic acid groups (broad SMARTS) is 1. The van der Waals surface area contributed by atoms with E-state index in [0.717, 1.165) is 95.0 Å². The number of carboxylic acids is 1. The molecule has 1 atom stereocenters. The fraction of sp³-hybridized carbons (Fsp3) is 0.390. The van der Waals surface area contributed by atoms with Gasteiger partial charge >= 0.3 is 5.97 Å². The summed E-state index contributed by atoms with van der Waals surface area (Å²) in [4.78, 5) is 29.4. The molecule has 3 heterocycles. The molecule has 9 nitrogen and oxygen atoms in total. The van der Waals surface area contributed by atoms with Gasteiger partial charge in [-0.2, -0.15) is 5.10 Å². The minimum absolute atomic E-state index is 0.155. The maximum Gasteiger partial charge on any atom is 0.307 e. The number of aliphatic carboxylic acids is 1. The Kier molecular flexibility index (Phi) is 10.8. The van der Waals surface area contributed by atoms with Crippen molar-refractivity contribution in [3.05, 3.63) is 99.9 Å². The van der Waals surface area contributed by atoms with Crippen LogP contribution in [0, 0.1) is 26.7 Å². The van der Waals surface area contributed by atoms with E-state index < -0.39 is 5.97 Å². The molecule has 1 amide bonds. The standard InChI is InChI=1S/C41H49N5O4/c1-6-44-19-16-35(17-20-44)46-26-34(23-42-46)40(47)43-38-12-8-11-37(29(38)4)36-10-7-9-30(28(36)3)13-14-31-22-39(50-5)33(21-27(31)2)25-45-18-15-32(24-45)41(48)49/h7-14,21-23,26,32,35H,6,15-20,24-25H2,1-5H3,(H,43,47)(H,48,49)/b14-13+/t32-/m1/s1. The van der Waals surface area contributed by atoms with Crippen molar-refractivity contribution in [3.63, 3.8) is 0 Å². The van der Waals surface area contributed by atoms with Gasteiger partial charge in [-0.15, -0.1) is 0 Å². The van der Waals surface area contributed by atoms with E-state index in [4.69, 9.17) is 4.74 Å². The predicted molar refractivity (Wildman–Crippen MR) is 200 cm³/mol. The molecule has 2 aliphatic heterocycles. The van der Waals surface area contributed by atoms with Crippen LogP contribution in [-0.4, -0.2) is 76.4 Å². The summed E-state index contributed by atoms with van der Waals surface area (Å²) in [5.41, 5.74) is 10.1. The zero-order chi connectivity index (χ0) is 35.4. The fourth-order valence-electron chi connectivity index (χ4n) is 7.39. The molecule has 50 heavy (non-hydrogen) atoms. The number of aromatic nitrogens is 2. The Hall–Kier alpha value is -4.73. The van der Waals surface area contributed by atoms with Crippen molar-refractivity contribution in [2.75, 3.05) is 45.2 Å². The van der Waals surface area contributed by atoms with E-state index in [-0.39, 0.29) is 11.8 Å². The number of nitrogens with one attached hydrogen (secondary N) is 1. The summed E-state index contributed by atoms with van der Waals surface area (Å²) in [6.45, 7) is 13.7. The number of carbonyl (C=O) groups is 2. The molecule has 0 aliphatic carbocycles. The van der Waals surface area contributed by atoms with Crippen molar-refractivity contribution in [3.8, 4) is 16.9 Å². The van der Waals surface area contributed by atoms with E-state index in [0.29, 0.717) is 31.1 Å². The van der Waals surface area contributed by atoms with E-state index in [1.165, 1.54) is 0 Å². The number of likely N-dealkylation sites (tertiary alicyclic amines) is 2. The van der Waals surface area contributed by atoms with Gasteiger partial charge in [0, 0.05) is 43.6 Å². The first-order valence-corrected chi connectivity index (χ1v) is 17.7. The van der Waals surface area contributed by atoms with Crippen LogP contribution in [-0.2, 0) is 11.3 Å². The zero-order valence-corrected chi connectivity index (χ0v) is 29.9. The quantitative estimate of drug-likeness (QED) is 0.159. The number of nitrogens with zero attached hydrogens (tertiary/aromatic N) is 4. The van der Waals surface area contributed by atoms with Gasteiger partial charge in [0.05, 0.1) is 30.8 Å². The monoisotopic (exact) mass is 675 g/mol. The van der Waals surface area contributed by atoms with Crippen molar-refractivity contribution >= 4 is 29.7 Å². The third-order valence-corrected chi connectivity index (χ3v) is 10.6. The number of methoxy groups -OCH3 is 1. The average molecular weight is 676 g/mol. The molecule has 2 aliphatic rings. The first kappa shape index (κ1) is 35.1. The molecule has 4 aromatic rings. The smallest absolute Gasteiger partial charge is 0.307 e. The summed E-state index contributed by atoms with van der Waals surface area (Å²) in [6.07, 6.45) is 10.6. The van der Waals surface area contributed by atoms with Crippen LogP contribution in [0.1, 0.15) is 76.0 Å². The third kappa shape index (κ3) is 7.69. The lowest BCUT2D eigenvalue weighted by Gasteiger charge is -2.31. The second-order valence-electron chi connectivity index (χ2n) is 13.7. The predicted octanol–water partition coefficient (Wildman–Crippen LogP) is 7.47. The highest BCUT2D eigenvalue weighted by molar-refractivity contribution is 6.04. The van der Waals surface area contributed by atoms with Crippen LogP contribution >= 0.6 is 0 Å². The molecule has 6 rings (SSSR count). The minimum Gasteiger partial charge on any atom is -0.496 e. The van der Waals surface area contributed by atoms with Gasteiger partial charge in [-0.1, -0.05) is 55.5 Å². The number of rotatable bonds is 11. The Morgan fingerprint density at radius 2 is 1.64 bits per heavy atom. The summed E-state index contributed by atoms with van der Waals surface area (Å²) in [7, 11) is 1.68. The van der Waals surface area contributed by atoms with E-state index in [1.807, 2.05) is 23.0 Å².